The van der Waals surface area contributed by atoms with Crippen LogP contribution in [0.5, 0.6) is 0 Å². The van der Waals surface area contributed by atoms with Crippen molar-refractivity contribution in [3.63, 3.8) is 0 Å². The van der Waals surface area contributed by atoms with E-state index < -0.39 is 38.6 Å². The molecule has 0 radical (unpaired) electrons. The van der Waals surface area contributed by atoms with Gasteiger partial charge in [-0.05, 0) is 44.9 Å². The minimum Gasteiger partial charge on any atom is -0.462 e. The Bertz CT molecular complexity index is 1010. The summed E-state index contributed by atoms with van der Waals surface area (Å²) in [6.45, 7) is 3.39. The highest BCUT2D eigenvalue weighted by Crippen LogP contribution is 2.36. The van der Waals surface area contributed by atoms with Crippen LogP contribution in [0.15, 0.2) is 60.8 Å². The molecule has 288 valence electrons. The normalized spacial score (nSPS) is 13.8. The van der Waals surface area contributed by atoms with E-state index in [0.717, 1.165) is 44.9 Å². The fraction of sp³-hybridized carbons (Fsp3) is 0.700. The van der Waals surface area contributed by atoms with Crippen LogP contribution in [0, 0.1) is 0 Å². The van der Waals surface area contributed by atoms with Gasteiger partial charge in [0.2, 0.25) is 0 Å². The van der Waals surface area contributed by atoms with Crippen LogP contribution in [0.1, 0.15) is 155 Å². The number of aliphatic hydroxyl groups is 1. The van der Waals surface area contributed by atoms with Crippen molar-refractivity contribution < 1.29 is 43.0 Å². The van der Waals surface area contributed by atoms with Crippen LogP contribution in [0.2, 0.25) is 0 Å². The minimum atomic E-state index is -4.80. The monoisotopic (exact) mass is 724 g/mol. The predicted octanol–water partition coefficient (Wildman–Crippen LogP) is 10.3. The molecular formula is C40H69O9P. The quantitative estimate of drug-likeness (QED) is 0.0194. The third kappa shape index (κ3) is 37.0. The van der Waals surface area contributed by atoms with E-state index in [0.29, 0.717) is 19.3 Å². The van der Waals surface area contributed by atoms with Gasteiger partial charge in [-0.2, -0.15) is 0 Å². The molecule has 0 aromatic rings. The molecular weight excluding hydrogens is 655 g/mol. The van der Waals surface area contributed by atoms with Gasteiger partial charge in [0.05, 0.1) is 12.7 Å². The summed E-state index contributed by atoms with van der Waals surface area (Å²) in [4.78, 5) is 42.7. The maximum absolute atomic E-state index is 12.4. The lowest BCUT2D eigenvalue weighted by Gasteiger charge is -2.18. The van der Waals surface area contributed by atoms with Crippen LogP contribution in [0.25, 0.3) is 0 Å². The van der Waals surface area contributed by atoms with Gasteiger partial charge < -0.3 is 24.4 Å². The summed E-state index contributed by atoms with van der Waals surface area (Å²) in [5.74, 6) is -1.09. The summed E-state index contributed by atoms with van der Waals surface area (Å²) < 4.78 is 26.2. The van der Waals surface area contributed by atoms with Crippen LogP contribution >= 0.6 is 7.82 Å². The molecule has 0 saturated carbocycles. The number of aliphatic hydroxyl groups excluding tert-OH is 1. The summed E-state index contributed by atoms with van der Waals surface area (Å²) in [6.07, 6.45) is 39.7. The SMILES string of the molecule is CC/C=C\C/C=C\C/C=C\C/C=C\C=C\C(O)CCCC(=O)OC[C@H](COP(=O)(O)O)OC(=O)CCCCCCCCCCCCCCCC. The highest BCUT2D eigenvalue weighted by molar-refractivity contribution is 7.46. The van der Waals surface area contributed by atoms with Crippen LogP contribution in [-0.4, -0.2) is 52.3 Å². The summed E-state index contributed by atoms with van der Waals surface area (Å²) in [5.41, 5.74) is 0. The molecule has 0 saturated heterocycles. The van der Waals surface area contributed by atoms with Gasteiger partial charge in [-0.3, -0.25) is 14.1 Å². The summed E-state index contributed by atoms with van der Waals surface area (Å²) >= 11 is 0. The Hall–Kier alpha value is -2.29. The van der Waals surface area contributed by atoms with Crippen molar-refractivity contribution in [1.82, 2.24) is 0 Å². The molecule has 0 aliphatic heterocycles. The molecule has 0 aromatic carbocycles. The lowest BCUT2D eigenvalue weighted by Crippen LogP contribution is -2.29. The number of allylic oxidation sites excluding steroid dienone is 9. The number of hydrogen-bond acceptors (Lipinski definition) is 7. The van der Waals surface area contributed by atoms with Crippen LogP contribution in [-0.2, 0) is 28.2 Å². The highest BCUT2D eigenvalue weighted by atomic mass is 31.2. The number of phosphoric acid groups is 1. The number of rotatable bonds is 34. The Balaban J connectivity index is 4.17. The molecule has 3 N–H and O–H groups in total. The van der Waals surface area contributed by atoms with Crippen molar-refractivity contribution in [1.29, 1.82) is 0 Å². The zero-order chi connectivity index (χ0) is 37.0. The standard InChI is InChI=1S/C40H69O9P/c1-3-5-7-9-11-13-15-17-19-21-23-25-27-29-33-40(43)49-38(36-48-50(44,45)46)35-47-39(42)34-30-32-37(41)31-28-26-24-22-20-18-16-14-12-10-8-6-4-2/h6,8,12,14,18,20,24,26,28,31,37-38,41H,3-5,7,9-11,13,15-17,19,21-23,25,27,29-30,32-36H2,1-2H3,(H2,44,45,46)/b8-6-,14-12-,20-18-,26-24-,31-28+/t37?,38-/m1/s1. The Morgan fingerprint density at radius 2 is 1.12 bits per heavy atom. The van der Waals surface area contributed by atoms with Crippen LogP contribution in [0.3, 0.4) is 0 Å². The zero-order valence-corrected chi connectivity index (χ0v) is 32.0. The maximum atomic E-state index is 12.4. The van der Waals surface area contributed by atoms with Gasteiger partial charge in [0.15, 0.2) is 6.10 Å². The Kier molecular flexibility index (Phi) is 33.5. The van der Waals surface area contributed by atoms with Crippen LogP contribution in [0.4, 0.5) is 0 Å². The molecule has 2 atom stereocenters. The van der Waals surface area contributed by atoms with Gasteiger partial charge >= 0.3 is 19.8 Å². The topological polar surface area (TPSA) is 140 Å². The number of unbranched alkanes of at least 4 members (excludes halogenated alkanes) is 13. The second-order valence-corrected chi connectivity index (χ2v) is 14.0. The van der Waals surface area contributed by atoms with Crippen molar-refractivity contribution in [2.45, 2.75) is 167 Å². The Morgan fingerprint density at radius 1 is 0.620 bits per heavy atom. The van der Waals surface area contributed by atoms with Gasteiger partial charge in [0.25, 0.3) is 0 Å². The van der Waals surface area contributed by atoms with E-state index in [9.17, 15) is 19.3 Å². The smallest absolute Gasteiger partial charge is 0.462 e. The molecule has 1 unspecified atom stereocenters. The Morgan fingerprint density at radius 3 is 1.66 bits per heavy atom. The van der Waals surface area contributed by atoms with E-state index in [4.69, 9.17) is 19.3 Å². The number of esters is 2. The summed E-state index contributed by atoms with van der Waals surface area (Å²) in [7, 11) is -4.80. The molecule has 10 heteroatoms. The molecule has 0 rings (SSSR count). The third-order valence-corrected chi connectivity index (χ3v) is 8.39. The molecule has 0 bridgehead atoms. The highest BCUT2D eigenvalue weighted by Gasteiger charge is 2.23. The number of carbonyl (C=O) groups excluding carboxylic acids is 2. The Labute approximate surface area is 303 Å². The van der Waals surface area contributed by atoms with Gasteiger partial charge in [-0.1, -0.05) is 158 Å². The average molecular weight is 725 g/mol. The van der Waals surface area contributed by atoms with E-state index in [1.165, 1.54) is 64.2 Å². The number of carbonyl (C=O) groups is 2. The molecule has 0 aliphatic carbocycles. The first-order valence-electron chi connectivity index (χ1n) is 19.2. The summed E-state index contributed by atoms with van der Waals surface area (Å²) in [6, 6.07) is 0. The second kappa shape index (κ2) is 35.1. The first kappa shape index (κ1) is 47.7. The second-order valence-electron chi connectivity index (χ2n) is 12.7. The van der Waals surface area contributed by atoms with Crippen molar-refractivity contribution in [3.05, 3.63) is 60.8 Å². The molecule has 0 fully saturated rings. The number of phosphoric ester groups is 1. The first-order valence-corrected chi connectivity index (χ1v) is 20.7. The lowest BCUT2D eigenvalue weighted by molar-refractivity contribution is -0.161. The summed E-state index contributed by atoms with van der Waals surface area (Å²) in [5, 5.41) is 10.2. The van der Waals surface area contributed by atoms with Crippen molar-refractivity contribution >= 4 is 19.8 Å². The molecule has 0 aromatic heterocycles. The predicted molar refractivity (Wildman–Crippen MR) is 203 cm³/mol. The van der Waals surface area contributed by atoms with Gasteiger partial charge in [-0.25, -0.2) is 4.57 Å². The maximum Gasteiger partial charge on any atom is 0.469 e. The van der Waals surface area contributed by atoms with Crippen LogP contribution < -0.4 is 0 Å². The van der Waals surface area contributed by atoms with Crippen molar-refractivity contribution in [3.8, 4) is 0 Å². The average Bonchev–Trinajstić information content (AvgIpc) is 3.07. The lowest BCUT2D eigenvalue weighted by atomic mass is 10.0. The fourth-order valence-electron chi connectivity index (χ4n) is 5.05. The molecule has 50 heavy (non-hydrogen) atoms. The van der Waals surface area contributed by atoms with E-state index >= 15 is 0 Å². The fourth-order valence-corrected chi connectivity index (χ4v) is 5.41. The molecule has 9 nitrogen and oxygen atoms in total. The van der Waals surface area contributed by atoms with Crippen molar-refractivity contribution in [2.24, 2.45) is 0 Å². The number of hydrogen-bond donors (Lipinski definition) is 3. The first-order chi connectivity index (χ1) is 24.2. The molecule has 0 aliphatic rings. The van der Waals surface area contributed by atoms with E-state index in [1.807, 2.05) is 12.2 Å². The van der Waals surface area contributed by atoms with E-state index in [1.54, 1.807) is 12.2 Å². The number of ether oxygens (including phenoxy) is 2. The van der Waals surface area contributed by atoms with Gasteiger partial charge in [0.1, 0.15) is 6.61 Å². The molecule has 0 amide bonds. The van der Waals surface area contributed by atoms with E-state index in [2.05, 4.69) is 54.8 Å². The van der Waals surface area contributed by atoms with Gasteiger partial charge in [-0.15, -0.1) is 0 Å². The van der Waals surface area contributed by atoms with Crippen molar-refractivity contribution in [2.75, 3.05) is 13.2 Å². The molecule has 0 heterocycles. The van der Waals surface area contributed by atoms with Gasteiger partial charge in [0, 0.05) is 12.8 Å². The molecule has 0 spiro atoms. The largest absolute Gasteiger partial charge is 0.469 e. The zero-order valence-electron chi connectivity index (χ0n) is 31.1. The van der Waals surface area contributed by atoms with E-state index in [-0.39, 0.29) is 19.4 Å². The minimum absolute atomic E-state index is 0.0357. The third-order valence-electron chi connectivity index (χ3n) is 7.90.